The van der Waals surface area contributed by atoms with Gasteiger partial charge in [-0.2, -0.15) is 5.26 Å². The van der Waals surface area contributed by atoms with Gasteiger partial charge < -0.3 is 15.0 Å². The second kappa shape index (κ2) is 6.25. The predicted molar refractivity (Wildman–Crippen MR) is 102 cm³/mol. The van der Waals surface area contributed by atoms with Gasteiger partial charge in [0.25, 0.3) is 11.2 Å². The van der Waals surface area contributed by atoms with Crippen LogP contribution >= 0.6 is 0 Å². The summed E-state index contributed by atoms with van der Waals surface area (Å²) in [6, 6.07) is 15.0. The van der Waals surface area contributed by atoms with E-state index in [1.165, 1.54) is 28.8 Å². The fourth-order valence-electron chi connectivity index (χ4n) is 3.55. The third-order valence-electron chi connectivity index (χ3n) is 4.90. The van der Waals surface area contributed by atoms with Crippen LogP contribution in [0, 0.1) is 21.4 Å². The first-order valence-electron chi connectivity index (χ1n) is 8.37. The normalized spacial score (nSPS) is 15.6. The standard InChI is InChI=1S/C20H14N4O4/c1-23-15-5-3-2-4-13(15)18-17(20(23)25)16(14(10-21)19(22)28-18)11-6-8-12(9-7-11)24(26)27/h2-9,16H,22H2,1H3/t16-/m0/s1. The number of ether oxygens (including phenoxy) is 1. The Bertz CT molecular complexity index is 1270. The van der Waals surface area contributed by atoms with Crippen LogP contribution < -0.4 is 16.0 Å². The summed E-state index contributed by atoms with van der Waals surface area (Å²) in [7, 11) is 1.64. The van der Waals surface area contributed by atoms with Crippen LogP contribution in [0.4, 0.5) is 5.69 Å². The highest BCUT2D eigenvalue weighted by Gasteiger charge is 2.35. The quantitative estimate of drug-likeness (QED) is 0.543. The zero-order valence-corrected chi connectivity index (χ0v) is 14.7. The molecule has 4 rings (SSSR count). The molecule has 3 aromatic rings. The van der Waals surface area contributed by atoms with Crippen molar-refractivity contribution in [3.05, 3.63) is 91.6 Å². The Morgan fingerprint density at radius 2 is 1.89 bits per heavy atom. The Morgan fingerprint density at radius 3 is 2.54 bits per heavy atom. The summed E-state index contributed by atoms with van der Waals surface area (Å²) in [6.07, 6.45) is 0. The smallest absolute Gasteiger partial charge is 0.269 e. The number of aromatic nitrogens is 1. The minimum atomic E-state index is -0.780. The number of pyridine rings is 1. The van der Waals surface area contributed by atoms with Crippen LogP contribution in [-0.4, -0.2) is 9.49 Å². The fourth-order valence-corrected chi connectivity index (χ4v) is 3.55. The van der Waals surface area contributed by atoms with Gasteiger partial charge in [-0.15, -0.1) is 0 Å². The lowest BCUT2D eigenvalue weighted by molar-refractivity contribution is -0.384. The van der Waals surface area contributed by atoms with Crippen LogP contribution in [0.5, 0.6) is 5.75 Å². The number of nitriles is 1. The van der Waals surface area contributed by atoms with Crippen LogP contribution in [0.1, 0.15) is 17.0 Å². The van der Waals surface area contributed by atoms with Crippen molar-refractivity contribution in [2.75, 3.05) is 0 Å². The third kappa shape index (κ3) is 2.41. The molecule has 0 spiro atoms. The summed E-state index contributed by atoms with van der Waals surface area (Å²) in [6.45, 7) is 0. The number of nitrogens with zero attached hydrogens (tertiary/aromatic N) is 3. The third-order valence-corrected chi connectivity index (χ3v) is 4.90. The molecule has 1 atom stereocenters. The molecular formula is C20H14N4O4. The molecule has 1 aliphatic rings. The van der Waals surface area contributed by atoms with E-state index in [1.54, 1.807) is 13.1 Å². The first kappa shape index (κ1) is 17.3. The first-order chi connectivity index (χ1) is 13.4. The summed E-state index contributed by atoms with van der Waals surface area (Å²) >= 11 is 0. The summed E-state index contributed by atoms with van der Waals surface area (Å²) in [5.74, 6) is -0.562. The first-order valence-corrected chi connectivity index (χ1v) is 8.37. The summed E-state index contributed by atoms with van der Waals surface area (Å²) in [4.78, 5) is 23.6. The maximum Gasteiger partial charge on any atom is 0.269 e. The molecule has 0 saturated carbocycles. The lowest BCUT2D eigenvalue weighted by Gasteiger charge is -2.27. The molecule has 2 N–H and O–H groups in total. The van der Waals surface area contributed by atoms with Crippen molar-refractivity contribution in [3.63, 3.8) is 0 Å². The molecule has 28 heavy (non-hydrogen) atoms. The van der Waals surface area contributed by atoms with Gasteiger partial charge in [0.1, 0.15) is 17.4 Å². The number of hydrogen-bond donors (Lipinski definition) is 1. The Morgan fingerprint density at radius 1 is 1.21 bits per heavy atom. The van der Waals surface area contributed by atoms with Crippen molar-refractivity contribution in [2.24, 2.45) is 12.8 Å². The van der Waals surface area contributed by atoms with E-state index in [4.69, 9.17) is 10.5 Å². The molecule has 0 unspecified atom stereocenters. The highest BCUT2D eigenvalue weighted by Crippen LogP contribution is 2.43. The molecular weight excluding hydrogens is 360 g/mol. The van der Waals surface area contributed by atoms with E-state index < -0.39 is 10.8 Å². The zero-order chi connectivity index (χ0) is 20.0. The van der Waals surface area contributed by atoms with Gasteiger partial charge in [-0.05, 0) is 17.7 Å². The van der Waals surface area contributed by atoms with Crippen molar-refractivity contribution in [1.82, 2.24) is 4.57 Å². The van der Waals surface area contributed by atoms with E-state index in [-0.39, 0.29) is 28.3 Å². The molecule has 2 heterocycles. The summed E-state index contributed by atoms with van der Waals surface area (Å²) in [5.41, 5.74) is 7.18. The van der Waals surface area contributed by atoms with Crippen LogP contribution in [0.15, 0.2) is 64.8 Å². The second-order valence-electron chi connectivity index (χ2n) is 6.40. The van der Waals surface area contributed by atoms with Gasteiger partial charge >= 0.3 is 0 Å². The van der Waals surface area contributed by atoms with Crippen molar-refractivity contribution in [2.45, 2.75) is 5.92 Å². The molecule has 8 nitrogen and oxygen atoms in total. The minimum absolute atomic E-state index is 0.0853. The number of benzene rings is 2. The van der Waals surface area contributed by atoms with Crippen LogP contribution in [0.2, 0.25) is 0 Å². The number of non-ortho nitro benzene ring substituents is 1. The number of aryl methyl sites for hydroxylation is 1. The number of nitrogens with two attached hydrogens (primary N) is 1. The van der Waals surface area contributed by atoms with Crippen LogP contribution in [0.25, 0.3) is 10.9 Å². The molecule has 138 valence electrons. The molecule has 0 fully saturated rings. The van der Waals surface area contributed by atoms with Crippen molar-refractivity contribution in [1.29, 1.82) is 5.26 Å². The fraction of sp³-hybridized carbons (Fsp3) is 0.100. The number of nitro benzene ring substituents is 1. The monoisotopic (exact) mass is 374 g/mol. The van der Waals surface area contributed by atoms with Gasteiger partial charge in [0, 0.05) is 24.6 Å². The van der Waals surface area contributed by atoms with Gasteiger partial charge in [0.05, 0.1) is 21.9 Å². The molecule has 8 heteroatoms. The maximum absolute atomic E-state index is 13.2. The lowest BCUT2D eigenvalue weighted by atomic mass is 9.83. The average Bonchev–Trinajstić information content (AvgIpc) is 2.71. The lowest BCUT2D eigenvalue weighted by Crippen LogP contribution is -2.31. The predicted octanol–water partition coefficient (Wildman–Crippen LogP) is 2.66. The van der Waals surface area contributed by atoms with Gasteiger partial charge in [-0.25, -0.2) is 0 Å². The number of nitro groups is 1. The largest absolute Gasteiger partial charge is 0.439 e. The Labute approximate surface area is 158 Å². The van der Waals surface area contributed by atoms with E-state index in [0.29, 0.717) is 22.2 Å². The van der Waals surface area contributed by atoms with Crippen molar-refractivity contribution < 1.29 is 9.66 Å². The topological polar surface area (TPSA) is 124 Å². The number of fused-ring (bicyclic) bond motifs is 3. The van der Waals surface area contributed by atoms with E-state index in [9.17, 15) is 20.2 Å². The highest BCUT2D eigenvalue weighted by molar-refractivity contribution is 5.88. The van der Waals surface area contributed by atoms with Gasteiger partial charge in [-0.3, -0.25) is 14.9 Å². The van der Waals surface area contributed by atoms with E-state index in [1.807, 2.05) is 24.3 Å². The minimum Gasteiger partial charge on any atom is -0.439 e. The van der Waals surface area contributed by atoms with Crippen LogP contribution in [0.3, 0.4) is 0 Å². The second-order valence-corrected chi connectivity index (χ2v) is 6.40. The van der Waals surface area contributed by atoms with Gasteiger partial charge in [0.2, 0.25) is 5.88 Å². The summed E-state index contributed by atoms with van der Waals surface area (Å²) < 4.78 is 7.20. The highest BCUT2D eigenvalue weighted by atomic mass is 16.6. The number of allylic oxidation sites excluding steroid dienone is 1. The molecule has 0 amide bonds. The molecule has 1 aromatic heterocycles. The average molecular weight is 374 g/mol. The van der Waals surface area contributed by atoms with E-state index >= 15 is 0 Å². The van der Waals surface area contributed by atoms with E-state index in [0.717, 1.165) is 0 Å². The molecule has 0 radical (unpaired) electrons. The Hall–Kier alpha value is -4.12. The number of rotatable bonds is 2. The number of para-hydroxylation sites is 1. The molecule has 2 aromatic carbocycles. The molecule has 0 bridgehead atoms. The molecule has 0 aliphatic carbocycles. The zero-order valence-electron chi connectivity index (χ0n) is 14.7. The maximum atomic E-state index is 13.2. The van der Waals surface area contributed by atoms with Crippen molar-refractivity contribution >= 4 is 16.6 Å². The van der Waals surface area contributed by atoms with Gasteiger partial charge in [-0.1, -0.05) is 24.3 Å². The SMILES string of the molecule is Cn1c(=O)c2c(c3ccccc31)OC(N)=C(C#N)[C@@H]2c1ccc([N+](=O)[O-])cc1. The van der Waals surface area contributed by atoms with E-state index in [2.05, 4.69) is 0 Å². The molecule has 1 aliphatic heterocycles. The number of hydrogen-bond acceptors (Lipinski definition) is 6. The Balaban J connectivity index is 2.06. The van der Waals surface area contributed by atoms with Crippen molar-refractivity contribution in [3.8, 4) is 11.8 Å². The van der Waals surface area contributed by atoms with Gasteiger partial charge in [0.15, 0.2) is 0 Å². The Kier molecular flexibility index (Phi) is 3.86. The molecule has 0 saturated heterocycles. The van der Waals surface area contributed by atoms with Crippen LogP contribution in [-0.2, 0) is 7.05 Å². The summed E-state index contributed by atoms with van der Waals surface area (Å²) in [5, 5.41) is 21.3.